The maximum absolute atomic E-state index is 12.2. The Balaban J connectivity index is 0.00000338. The smallest absolute Gasteiger partial charge is 0.371 e. The third kappa shape index (κ3) is 8.32. The quantitative estimate of drug-likeness (QED) is 0.314. The summed E-state index contributed by atoms with van der Waals surface area (Å²) in [6, 6.07) is 8.21. The lowest BCUT2D eigenvalue weighted by molar-refractivity contribution is -0.132. The summed E-state index contributed by atoms with van der Waals surface area (Å²) < 4.78 is 37.8. The Bertz CT molecular complexity index is 566. The Morgan fingerprint density at radius 1 is 1.27 bits per heavy atom. The maximum atomic E-state index is 12.2. The first-order valence-corrected chi connectivity index (χ1v) is 9.26. The number of anilines is 1. The van der Waals surface area contributed by atoms with Crippen molar-refractivity contribution in [3.63, 3.8) is 0 Å². The van der Waals surface area contributed by atoms with Gasteiger partial charge >= 0.3 is 6.18 Å². The zero-order chi connectivity index (χ0) is 18.3. The van der Waals surface area contributed by atoms with Crippen LogP contribution in [0.5, 0.6) is 0 Å². The number of halogens is 5. The maximum Gasteiger partial charge on any atom is 0.390 e. The van der Waals surface area contributed by atoms with Gasteiger partial charge in [-0.15, -0.1) is 24.0 Å². The first kappa shape index (κ1) is 23.3. The second-order valence-corrected chi connectivity index (χ2v) is 7.00. The van der Waals surface area contributed by atoms with Crippen LogP contribution in [-0.2, 0) is 0 Å². The molecule has 1 aromatic carbocycles. The third-order valence-electron chi connectivity index (χ3n) is 4.03. The van der Waals surface area contributed by atoms with Crippen molar-refractivity contribution >= 4 is 51.6 Å². The summed E-state index contributed by atoms with van der Waals surface area (Å²) in [5.41, 5.74) is 1.19. The van der Waals surface area contributed by atoms with Crippen molar-refractivity contribution in [1.29, 1.82) is 0 Å². The molecule has 0 bridgehead atoms. The van der Waals surface area contributed by atoms with E-state index in [9.17, 15) is 13.2 Å². The minimum atomic E-state index is -4.15. The minimum Gasteiger partial charge on any atom is -0.371 e. The molecular weight excluding hydrogens is 524 g/mol. The lowest BCUT2D eigenvalue weighted by Crippen LogP contribution is -2.39. The van der Waals surface area contributed by atoms with Gasteiger partial charge in [-0.05, 0) is 43.5 Å². The fourth-order valence-electron chi connectivity index (χ4n) is 2.75. The lowest BCUT2D eigenvalue weighted by Gasteiger charge is -2.18. The van der Waals surface area contributed by atoms with E-state index in [0.717, 1.165) is 24.0 Å². The fourth-order valence-corrected chi connectivity index (χ4v) is 3.02. The van der Waals surface area contributed by atoms with Crippen LogP contribution in [0.3, 0.4) is 0 Å². The van der Waals surface area contributed by atoms with Gasteiger partial charge in [-0.2, -0.15) is 13.2 Å². The third-order valence-corrected chi connectivity index (χ3v) is 4.56. The van der Waals surface area contributed by atoms with E-state index in [0.29, 0.717) is 25.0 Å². The molecule has 2 N–H and O–H groups in total. The highest BCUT2D eigenvalue weighted by Gasteiger charge is 2.26. The SMILES string of the molecule is CCNC(=NCC1CCN(c2ccc(Br)cc2)C1)NCCC(F)(F)F.I. The second-order valence-electron chi connectivity index (χ2n) is 6.09. The highest BCUT2D eigenvalue weighted by Crippen LogP contribution is 2.25. The van der Waals surface area contributed by atoms with Crippen LogP contribution in [0.2, 0.25) is 0 Å². The molecule has 1 atom stereocenters. The molecule has 26 heavy (non-hydrogen) atoms. The van der Waals surface area contributed by atoms with Crippen LogP contribution < -0.4 is 15.5 Å². The minimum absolute atomic E-state index is 0. The molecule has 0 radical (unpaired) electrons. The predicted molar refractivity (Wildman–Crippen MR) is 115 cm³/mol. The first-order valence-electron chi connectivity index (χ1n) is 8.47. The van der Waals surface area contributed by atoms with Crippen molar-refractivity contribution in [3.8, 4) is 0 Å². The van der Waals surface area contributed by atoms with Crippen molar-refractivity contribution in [3.05, 3.63) is 28.7 Å². The molecular formula is C17H25BrF3IN4. The van der Waals surface area contributed by atoms with Crippen LogP contribution in [0, 0.1) is 5.92 Å². The summed E-state index contributed by atoms with van der Waals surface area (Å²) in [6.07, 6.45) is -3.99. The van der Waals surface area contributed by atoms with Crippen molar-refractivity contribution in [2.24, 2.45) is 10.9 Å². The van der Waals surface area contributed by atoms with Crippen LogP contribution in [0.4, 0.5) is 18.9 Å². The molecule has 1 unspecified atom stereocenters. The van der Waals surface area contributed by atoms with Crippen LogP contribution in [0.1, 0.15) is 19.8 Å². The zero-order valence-corrected chi connectivity index (χ0v) is 18.6. The van der Waals surface area contributed by atoms with Crippen LogP contribution in [0.25, 0.3) is 0 Å². The largest absolute Gasteiger partial charge is 0.390 e. The molecule has 1 heterocycles. The molecule has 9 heteroatoms. The van der Waals surface area contributed by atoms with Gasteiger partial charge < -0.3 is 15.5 Å². The number of rotatable bonds is 6. The van der Waals surface area contributed by atoms with Gasteiger partial charge in [0.2, 0.25) is 0 Å². The molecule has 1 fully saturated rings. The number of nitrogens with zero attached hydrogens (tertiary/aromatic N) is 2. The highest BCUT2D eigenvalue weighted by atomic mass is 127. The Hall–Kier alpha value is -0.710. The van der Waals surface area contributed by atoms with E-state index < -0.39 is 12.6 Å². The molecule has 0 saturated carbocycles. The Kier molecular flexibility index (Phi) is 10.1. The molecule has 1 aromatic rings. The van der Waals surface area contributed by atoms with Gasteiger partial charge in [-0.3, -0.25) is 4.99 Å². The van der Waals surface area contributed by atoms with Gasteiger partial charge in [-0.25, -0.2) is 0 Å². The van der Waals surface area contributed by atoms with Crippen LogP contribution >= 0.6 is 39.9 Å². The molecule has 1 saturated heterocycles. The number of alkyl halides is 3. The van der Waals surface area contributed by atoms with Crippen LogP contribution in [0.15, 0.2) is 33.7 Å². The zero-order valence-electron chi connectivity index (χ0n) is 14.7. The summed E-state index contributed by atoms with van der Waals surface area (Å²) in [5, 5.41) is 5.75. The summed E-state index contributed by atoms with van der Waals surface area (Å²) in [4.78, 5) is 6.77. The molecule has 2 rings (SSSR count). The molecule has 1 aliphatic rings. The number of hydrogen-bond acceptors (Lipinski definition) is 2. The molecule has 1 aliphatic heterocycles. The molecule has 0 aliphatic carbocycles. The number of hydrogen-bond donors (Lipinski definition) is 2. The van der Waals surface area contributed by atoms with Gasteiger partial charge in [0.05, 0.1) is 6.42 Å². The molecule has 0 spiro atoms. The molecule has 148 valence electrons. The summed E-state index contributed by atoms with van der Waals surface area (Å²) >= 11 is 3.43. The van der Waals surface area contributed by atoms with Crippen molar-refractivity contribution < 1.29 is 13.2 Å². The summed E-state index contributed by atoms with van der Waals surface area (Å²) in [6.45, 7) is 4.84. The Morgan fingerprint density at radius 2 is 1.96 bits per heavy atom. The second kappa shape index (κ2) is 11.2. The fraction of sp³-hybridized carbons (Fsp3) is 0.588. The molecule has 4 nitrogen and oxygen atoms in total. The highest BCUT2D eigenvalue weighted by molar-refractivity contribution is 14.0. The number of aliphatic imine (C=N–C) groups is 1. The van der Waals surface area contributed by atoms with Gasteiger partial charge in [-0.1, -0.05) is 15.9 Å². The predicted octanol–water partition coefficient (Wildman–Crippen LogP) is 4.40. The van der Waals surface area contributed by atoms with Gasteiger partial charge in [0, 0.05) is 42.9 Å². The topological polar surface area (TPSA) is 39.7 Å². The summed E-state index contributed by atoms with van der Waals surface area (Å²) in [7, 11) is 0. The molecule has 0 aromatic heterocycles. The first-order chi connectivity index (χ1) is 11.9. The Morgan fingerprint density at radius 3 is 2.58 bits per heavy atom. The average Bonchev–Trinajstić information content (AvgIpc) is 3.01. The number of nitrogens with one attached hydrogen (secondary N) is 2. The van der Waals surface area contributed by atoms with E-state index >= 15 is 0 Å². The number of benzene rings is 1. The van der Waals surface area contributed by atoms with E-state index in [4.69, 9.17) is 0 Å². The van der Waals surface area contributed by atoms with Gasteiger partial charge in [0.15, 0.2) is 5.96 Å². The van der Waals surface area contributed by atoms with Crippen molar-refractivity contribution in [2.45, 2.75) is 25.9 Å². The van der Waals surface area contributed by atoms with Crippen molar-refractivity contribution in [2.75, 3.05) is 37.6 Å². The molecule has 0 amide bonds. The lowest BCUT2D eigenvalue weighted by atomic mass is 10.1. The van der Waals surface area contributed by atoms with E-state index in [1.807, 2.05) is 19.1 Å². The van der Waals surface area contributed by atoms with E-state index in [1.165, 1.54) is 5.69 Å². The standard InChI is InChI=1S/C17H24BrF3N4.HI/c1-2-22-16(23-9-8-17(19,20)21)24-11-13-7-10-25(12-13)15-5-3-14(18)4-6-15;/h3-6,13H,2,7-12H2,1H3,(H2,22,23,24);1H. The number of guanidine groups is 1. The monoisotopic (exact) mass is 548 g/mol. The van der Waals surface area contributed by atoms with Gasteiger partial charge in [0.25, 0.3) is 0 Å². The normalized spacial score (nSPS) is 17.8. The summed E-state index contributed by atoms with van der Waals surface area (Å²) in [5.74, 6) is 0.857. The van der Waals surface area contributed by atoms with E-state index in [1.54, 1.807) is 0 Å². The Labute approximate surface area is 178 Å². The van der Waals surface area contributed by atoms with Crippen LogP contribution in [-0.4, -0.2) is 44.9 Å². The van der Waals surface area contributed by atoms with E-state index in [-0.39, 0.29) is 30.5 Å². The van der Waals surface area contributed by atoms with E-state index in [2.05, 4.69) is 48.6 Å². The van der Waals surface area contributed by atoms with Crippen molar-refractivity contribution in [1.82, 2.24) is 10.6 Å². The van der Waals surface area contributed by atoms with Gasteiger partial charge in [0.1, 0.15) is 0 Å². The average molecular weight is 549 g/mol.